The van der Waals surface area contributed by atoms with Gasteiger partial charge >= 0.3 is 5.97 Å². The summed E-state index contributed by atoms with van der Waals surface area (Å²) in [6.45, 7) is 12.5. The predicted molar refractivity (Wildman–Crippen MR) is 111 cm³/mol. The van der Waals surface area contributed by atoms with Gasteiger partial charge < -0.3 is 26.8 Å². The average molecular weight is 415 g/mol. The van der Waals surface area contributed by atoms with Gasteiger partial charge in [0.15, 0.2) is 0 Å². The van der Waals surface area contributed by atoms with Crippen molar-refractivity contribution in [3.63, 3.8) is 0 Å². The van der Waals surface area contributed by atoms with E-state index in [0.29, 0.717) is 6.42 Å². The van der Waals surface area contributed by atoms with Gasteiger partial charge in [-0.05, 0) is 31.1 Å². The predicted octanol–water partition coefficient (Wildman–Crippen LogP) is 0.621. The molecule has 0 rings (SSSR count). The van der Waals surface area contributed by atoms with E-state index in [1.165, 1.54) is 6.92 Å². The largest absolute Gasteiger partial charge is 0.480 e. The van der Waals surface area contributed by atoms with E-state index in [1.54, 1.807) is 13.8 Å². The summed E-state index contributed by atoms with van der Waals surface area (Å²) in [4.78, 5) is 48.7. The van der Waals surface area contributed by atoms with Crippen molar-refractivity contribution in [1.82, 2.24) is 16.0 Å². The Hall–Kier alpha value is -2.16. The molecule has 0 saturated carbocycles. The molecular weight excluding hydrogens is 376 g/mol. The van der Waals surface area contributed by atoms with Gasteiger partial charge in [-0.15, -0.1) is 0 Å². The fraction of sp³-hybridized carbons (Fsp3) is 0.800. The molecule has 0 aromatic heterocycles. The van der Waals surface area contributed by atoms with Gasteiger partial charge in [0.05, 0.1) is 6.04 Å². The van der Waals surface area contributed by atoms with Crippen LogP contribution in [0.2, 0.25) is 0 Å². The van der Waals surface area contributed by atoms with Crippen LogP contribution in [-0.2, 0) is 19.2 Å². The summed E-state index contributed by atoms with van der Waals surface area (Å²) >= 11 is 0. The molecule has 168 valence electrons. The number of carbonyl (C=O) groups is 4. The number of nitrogens with two attached hydrogens (primary N) is 1. The molecule has 0 aliphatic carbocycles. The SMILES string of the molecule is CCC(C)C(N)C(=O)NC(C(=O)NC(CC(C)C)C(=O)NC(C)C(=O)O)C(C)C. The van der Waals surface area contributed by atoms with Crippen molar-refractivity contribution in [2.75, 3.05) is 0 Å². The van der Waals surface area contributed by atoms with Crippen molar-refractivity contribution in [2.45, 2.75) is 85.5 Å². The average Bonchev–Trinajstić information content (AvgIpc) is 2.62. The molecule has 0 saturated heterocycles. The highest BCUT2D eigenvalue weighted by Gasteiger charge is 2.32. The van der Waals surface area contributed by atoms with Crippen LogP contribution in [0.25, 0.3) is 0 Å². The van der Waals surface area contributed by atoms with Crippen LogP contribution in [0.15, 0.2) is 0 Å². The van der Waals surface area contributed by atoms with Gasteiger partial charge in [0, 0.05) is 0 Å². The summed E-state index contributed by atoms with van der Waals surface area (Å²) in [7, 11) is 0. The topological polar surface area (TPSA) is 151 Å². The molecule has 3 amide bonds. The third-order valence-electron chi connectivity index (χ3n) is 4.88. The zero-order valence-corrected chi connectivity index (χ0v) is 18.6. The molecule has 5 atom stereocenters. The summed E-state index contributed by atoms with van der Waals surface area (Å²) in [5, 5.41) is 16.7. The Morgan fingerprint density at radius 2 is 1.41 bits per heavy atom. The van der Waals surface area contributed by atoms with Gasteiger partial charge in [0.2, 0.25) is 17.7 Å². The van der Waals surface area contributed by atoms with Crippen molar-refractivity contribution in [2.24, 2.45) is 23.5 Å². The minimum atomic E-state index is -1.17. The molecule has 9 heteroatoms. The van der Waals surface area contributed by atoms with Gasteiger partial charge in [0.25, 0.3) is 0 Å². The van der Waals surface area contributed by atoms with Gasteiger partial charge in [-0.3, -0.25) is 19.2 Å². The van der Waals surface area contributed by atoms with E-state index in [-0.39, 0.29) is 17.8 Å². The normalized spacial score (nSPS) is 16.5. The molecule has 0 heterocycles. The van der Waals surface area contributed by atoms with Crippen LogP contribution in [0.4, 0.5) is 0 Å². The van der Waals surface area contributed by atoms with Crippen LogP contribution in [0, 0.1) is 17.8 Å². The summed E-state index contributed by atoms with van der Waals surface area (Å²) in [5.74, 6) is -2.86. The zero-order chi connectivity index (χ0) is 22.9. The van der Waals surface area contributed by atoms with E-state index in [0.717, 1.165) is 6.42 Å². The first-order chi connectivity index (χ1) is 13.3. The number of carboxylic acids is 1. The fourth-order valence-corrected chi connectivity index (χ4v) is 2.64. The summed E-state index contributed by atoms with van der Waals surface area (Å²) in [6.07, 6.45) is 1.06. The lowest BCUT2D eigenvalue weighted by atomic mass is 9.97. The second-order valence-electron chi connectivity index (χ2n) is 8.40. The highest BCUT2D eigenvalue weighted by molar-refractivity contribution is 5.94. The first kappa shape index (κ1) is 26.8. The molecule has 0 aliphatic rings. The van der Waals surface area contributed by atoms with Crippen molar-refractivity contribution in [3.8, 4) is 0 Å². The van der Waals surface area contributed by atoms with Gasteiger partial charge in [-0.25, -0.2) is 0 Å². The number of aliphatic carboxylic acids is 1. The van der Waals surface area contributed by atoms with E-state index in [4.69, 9.17) is 10.8 Å². The van der Waals surface area contributed by atoms with Crippen molar-refractivity contribution >= 4 is 23.7 Å². The molecule has 0 aromatic carbocycles. The number of carbonyl (C=O) groups excluding carboxylic acids is 3. The van der Waals surface area contributed by atoms with Crippen molar-refractivity contribution in [1.29, 1.82) is 0 Å². The minimum Gasteiger partial charge on any atom is -0.480 e. The zero-order valence-electron chi connectivity index (χ0n) is 18.6. The third-order valence-corrected chi connectivity index (χ3v) is 4.88. The lowest BCUT2D eigenvalue weighted by Gasteiger charge is -2.28. The van der Waals surface area contributed by atoms with Crippen LogP contribution in [0.3, 0.4) is 0 Å². The maximum atomic E-state index is 12.8. The molecule has 9 nitrogen and oxygen atoms in total. The Labute approximate surface area is 173 Å². The van der Waals surface area contributed by atoms with Crippen LogP contribution >= 0.6 is 0 Å². The Morgan fingerprint density at radius 3 is 1.83 bits per heavy atom. The van der Waals surface area contributed by atoms with E-state index < -0.39 is 47.9 Å². The monoisotopic (exact) mass is 414 g/mol. The van der Waals surface area contributed by atoms with Crippen LogP contribution in [0.1, 0.15) is 61.3 Å². The highest BCUT2D eigenvalue weighted by atomic mass is 16.4. The first-order valence-electron chi connectivity index (χ1n) is 10.2. The lowest BCUT2D eigenvalue weighted by Crippen LogP contribution is -2.59. The summed E-state index contributed by atoms with van der Waals surface area (Å²) in [5.41, 5.74) is 5.95. The van der Waals surface area contributed by atoms with Crippen molar-refractivity contribution in [3.05, 3.63) is 0 Å². The molecule has 0 aromatic rings. The molecular formula is C20H38N4O5. The first-order valence-corrected chi connectivity index (χ1v) is 10.2. The maximum Gasteiger partial charge on any atom is 0.325 e. The van der Waals surface area contributed by atoms with E-state index in [9.17, 15) is 19.2 Å². The Morgan fingerprint density at radius 1 is 0.862 bits per heavy atom. The van der Waals surface area contributed by atoms with E-state index >= 15 is 0 Å². The smallest absolute Gasteiger partial charge is 0.325 e. The molecule has 0 bridgehead atoms. The maximum absolute atomic E-state index is 12.8. The Balaban J connectivity index is 5.31. The molecule has 0 radical (unpaired) electrons. The second-order valence-corrected chi connectivity index (χ2v) is 8.40. The number of hydrogen-bond donors (Lipinski definition) is 5. The van der Waals surface area contributed by atoms with Crippen molar-refractivity contribution < 1.29 is 24.3 Å². The van der Waals surface area contributed by atoms with E-state index in [1.807, 2.05) is 27.7 Å². The third kappa shape index (κ3) is 9.25. The van der Waals surface area contributed by atoms with Gasteiger partial charge in [0.1, 0.15) is 18.1 Å². The minimum absolute atomic E-state index is 0.0390. The lowest BCUT2D eigenvalue weighted by molar-refractivity contribution is -0.142. The Bertz CT molecular complexity index is 579. The molecule has 0 spiro atoms. The van der Waals surface area contributed by atoms with Gasteiger partial charge in [-0.1, -0.05) is 48.0 Å². The molecule has 6 N–H and O–H groups in total. The molecule has 0 fully saturated rings. The summed E-state index contributed by atoms with van der Waals surface area (Å²) < 4.78 is 0. The van der Waals surface area contributed by atoms with Crippen LogP contribution in [0.5, 0.6) is 0 Å². The molecule has 29 heavy (non-hydrogen) atoms. The fourth-order valence-electron chi connectivity index (χ4n) is 2.64. The molecule has 5 unspecified atom stereocenters. The Kier molecular flexibility index (Phi) is 11.5. The number of carboxylic acid groups (broad SMARTS) is 1. The second kappa shape index (κ2) is 12.4. The summed E-state index contributed by atoms with van der Waals surface area (Å²) in [6, 6.07) is -3.59. The van der Waals surface area contributed by atoms with Crippen LogP contribution in [-0.4, -0.2) is 53.0 Å². The molecule has 0 aliphatic heterocycles. The number of rotatable bonds is 12. The number of hydrogen-bond acceptors (Lipinski definition) is 5. The number of amides is 3. The van der Waals surface area contributed by atoms with Crippen LogP contribution < -0.4 is 21.7 Å². The highest BCUT2D eigenvalue weighted by Crippen LogP contribution is 2.10. The van der Waals surface area contributed by atoms with E-state index in [2.05, 4.69) is 16.0 Å². The van der Waals surface area contributed by atoms with Gasteiger partial charge in [-0.2, -0.15) is 0 Å². The standard InChI is InChI=1S/C20H38N4O5/c1-8-12(6)15(21)18(26)24-16(11(4)5)19(27)23-14(9-10(2)3)17(25)22-13(7)20(28)29/h10-16H,8-9,21H2,1-7H3,(H,22,25)(H,23,27)(H,24,26)(H,28,29). The number of nitrogens with one attached hydrogen (secondary N) is 3. The quantitative estimate of drug-likeness (QED) is 0.316.